The van der Waals surface area contributed by atoms with E-state index < -0.39 is 92.7 Å². The smallest absolute Gasteiger partial charge is 0.306 e. The molecule has 2 aliphatic rings. The molecule has 2 saturated heterocycles. The van der Waals surface area contributed by atoms with Gasteiger partial charge in [-0.15, -0.1) is 0 Å². The van der Waals surface area contributed by atoms with Crippen LogP contribution < -0.4 is 0 Å². The molecule has 2 fully saturated rings. The molecule has 0 amide bonds. The van der Waals surface area contributed by atoms with E-state index in [1.165, 1.54) is 116 Å². The Bertz CT molecular complexity index is 1310. The summed E-state index contributed by atoms with van der Waals surface area (Å²) in [4.78, 5) is 25.8. The molecule has 11 atom stereocenters. The molecule has 0 bridgehead atoms. The summed E-state index contributed by atoms with van der Waals surface area (Å²) in [5.41, 5.74) is 0. The molecule has 15 nitrogen and oxygen atoms in total. The van der Waals surface area contributed by atoms with E-state index in [9.17, 15) is 45.3 Å². The maximum Gasteiger partial charge on any atom is 0.306 e. The SMILES string of the molecule is CCCC/C=C/C/C=C/CCCCCCCC(=O)OC[C@H](CO[C@H]1O[C@@H](CO[C@H]2O[C@@H](CO)[C@@H](O)C(O)C2O)[C@@H](O)C(O)C1O)OC(=O)CCCCCCCCCCCCCCCCCCCCCC. The quantitative estimate of drug-likeness (QED) is 0.0172. The highest BCUT2D eigenvalue weighted by Gasteiger charge is 2.47. The lowest BCUT2D eigenvalue weighted by molar-refractivity contribution is -0.332. The van der Waals surface area contributed by atoms with Gasteiger partial charge in [-0.1, -0.05) is 192 Å². The van der Waals surface area contributed by atoms with Gasteiger partial charge in [0.1, 0.15) is 55.4 Å². The monoisotopic (exact) mass is 1000 g/mol. The van der Waals surface area contributed by atoms with Gasteiger partial charge in [-0.2, -0.15) is 0 Å². The van der Waals surface area contributed by atoms with E-state index in [4.69, 9.17) is 28.4 Å². The molecule has 0 aromatic rings. The van der Waals surface area contributed by atoms with E-state index in [-0.39, 0.29) is 26.1 Å². The second-order valence-electron chi connectivity index (χ2n) is 19.8. The Morgan fingerprint density at radius 2 is 0.871 bits per heavy atom. The van der Waals surface area contributed by atoms with Gasteiger partial charge in [0.2, 0.25) is 0 Å². The number of esters is 2. The van der Waals surface area contributed by atoms with Crippen molar-refractivity contribution in [2.45, 2.75) is 287 Å². The Balaban J connectivity index is 1.76. The second kappa shape index (κ2) is 42.3. The molecular weight excluding hydrogens is 901 g/mol. The van der Waals surface area contributed by atoms with Crippen LogP contribution in [0.4, 0.5) is 0 Å². The van der Waals surface area contributed by atoms with Crippen LogP contribution in [0.1, 0.15) is 219 Å². The Morgan fingerprint density at radius 3 is 1.37 bits per heavy atom. The minimum absolute atomic E-state index is 0.167. The zero-order valence-electron chi connectivity index (χ0n) is 43.5. The van der Waals surface area contributed by atoms with Gasteiger partial charge in [0.05, 0.1) is 19.8 Å². The van der Waals surface area contributed by atoms with Crippen molar-refractivity contribution in [2.75, 3.05) is 26.4 Å². The van der Waals surface area contributed by atoms with Crippen molar-refractivity contribution in [3.8, 4) is 0 Å². The topological polar surface area (TPSA) is 231 Å². The van der Waals surface area contributed by atoms with Crippen molar-refractivity contribution in [3.63, 3.8) is 0 Å². The number of hydrogen-bond donors (Lipinski definition) is 7. The predicted octanol–water partition coefficient (Wildman–Crippen LogP) is 8.72. The number of carbonyl (C=O) groups excluding carboxylic acids is 2. The van der Waals surface area contributed by atoms with Gasteiger partial charge in [-0.05, 0) is 38.5 Å². The third-order valence-corrected chi connectivity index (χ3v) is 13.4. The molecule has 0 aromatic carbocycles. The van der Waals surface area contributed by atoms with Gasteiger partial charge >= 0.3 is 11.9 Å². The lowest BCUT2D eigenvalue weighted by atomic mass is 9.98. The van der Waals surface area contributed by atoms with Crippen LogP contribution in [0, 0.1) is 0 Å². The molecule has 0 radical (unpaired) electrons. The van der Waals surface area contributed by atoms with Crippen LogP contribution in [-0.4, -0.2) is 142 Å². The summed E-state index contributed by atoms with van der Waals surface area (Å²) >= 11 is 0. The summed E-state index contributed by atoms with van der Waals surface area (Å²) in [7, 11) is 0. The van der Waals surface area contributed by atoms with E-state index in [0.29, 0.717) is 12.8 Å². The first kappa shape index (κ1) is 64.1. The first-order chi connectivity index (χ1) is 34.0. The predicted molar refractivity (Wildman–Crippen MR) is 271 cm³/mol. The van der Waals surface area contributed by atoms with E-state index in [0.717, 1.165) is 64.2 Å². The first-order valence-electron chi connectivity index (χ1n) is 27.9. The third kappa shape index (κ3) is 29.6. The average molecular weight is 1000 g/mol. The van der Waals surface area contributed by atoms with Crippen LogP contribution >= 0.6 is 0 Å². The summed E-state index contributed by atoms with van der Waals surface area (Å²) in [5.74, 6) is -0.931. The summed E-state index contributed by atoms with van der Waals surface area (Å²) in [6, 6.07) is 0. The van der Waals surface area contributed by atoms with Gasteiger partial charge in [-0.25, -0.2) is 0 Å². The van der Waals surface area contributed by atoms with Crippen LogP contribution in [0.2, 0.25) is 0 Å². The summed E-state index contributed by atoms with van der Waals surface area (Å²) in [6.07, 6.45) is 27.7. The fraction of sp³-hybridized carbons (Fsp3) is 0.891. The minimum atomic E-state index is -1.76. The molecule has 410 valence electrons. The molecule has 0 aliphatic carbocycles. The largest absolute Gasteiger partial charge is 0.462 e. The van der Waals surface area contributed by atoms with Gasteiger partial charge in [0, 0.05) is 12.8 Å². The molecule has 7 N–H and O–H groups in total. The highest BCUT2D eigenvalue weighted by Crippen LogP contribution is 2.27. The Labute approximate surface area is 422 Å². The van der Waals surface area contributed by atoms with E-state index in [1.54, 1.807) is 0 Å². The first-order valence-corrected chi connectivity index (χ1v) is 27.9. The molecule has 2 rings (SSSR count). The molecular formula is C55H100O15. The van der Waals surface area contributed by atoms with Crippen LogP contribution in [0.15, 0.2) is 24.3 Å². The molecule has 2 aliphatic heterocycles. The summed E-state index contributed by atoms with van der Waals surface area (Å²) in [5, 5.41) is 72.2. The normalized spacial score (nSPS) is 25.5. The number of allylic oxidation sites excluding steroid dienone is 4. The molecule has 15 heteroatoms. The van der Waals surface area contributed by atoms with Crippen molar-refractivity contribution in [2.24, 2.45) is 0 Å². The highest BCUT2D eigenvalue weighted by molar-refractivity contribution is 5.70. The second-order valence-corrected chi connectivity index (χ2v) is 19.8. The minimum Gasteiger partial charge on any atom is -0.462 e. The van der Waals surface area contributed by atoms with E-state index in [1.807, 2.05) is 0 Å². The van der Waals surface area contributed by atoms with Crippen molar-refractivity contribution >= 4 is 11.9 Å². The number of aliphatic hydroxyl groups excluding tert-OH is 7. The number of carbonyl (C=O) groups is 2. The summed E-state index contributed by atoms with van der Waals surface area (Å²) in [6.45, 7) is 2.57. The van der Waals surface area contributed by atoms with Crippen molar-refractivity contribution in [3.05, 3.63) is 24.3 Å². The van der Waals surface area contributed by atoms with Crippen molar-refractivity contribution in [1.29, 1.82) is 0 Å². The lowest BCUT2D eigenvalue weighted by Gasteiger charge is -2.42. The van der Waals surface area contributed by atoms with Crippen LogP contribution in [-0.2, 0) is 38.0 Å². The average Bonchev–Trinajstić information content (AvgIpc) is 3.35. The highest BCUT2D eigenvalue weighted by atomic mass is 16.7. The molecule has 70 heavy (non-hydrogen) atoms. The fourth-order valence-corrected chi connectivity index (χ4v) is 8.82. The van der Waals surface area contributed by atoms with Crippen molar-refractivity contribution < 1.29 is 73.8 Å². The van der Waals surface area contributed by atoms with Gasteiger partial charge in [0.15, 0.2) is 18.7 Å². The zero-order chi connectivity index (χ0) is 51.0. The number of hydrogen-bond acceptors (Lipinski definition) is 15. The maximum absolute atomic E-state index is 13.0. The number of unbranched alkanes of at least 4 members (excludes halogenated alkanes) is 26. The Hall–Kier alpha value is -2.02. The molecule has 0 spiro atoms. The number of aliphatic hydroxyl groups is 7. The summed E-state index contributed by atoms with van der Waals surface area (Å²) < 4.78 is 33.6. The van der Waals surface area contributed by atoms with E-state index in [2.05, 4.69) is 38.2 Å². The Kier molecular flexibility index (Phi) is 38.8. The molecule has 0 aromatic heterocycles. The maximum atomic E-state index is 13.0. The van der Waals surface area contributed by atoms with Crippen LogP contribution in [0.3, 0.4) is 0 Å². The number of ether oxygens (including phenoxy) is 6. The third-order valence-electron chi connectivity index (χ3n) is 13.4. The Morgan fingerprint density at radius 1 is 0.457 bits per heavy atom. The van der Waals surface area contributed by atoms with Crippen LogP contribution in [0.5, 0.6) is 0 Å². The molecule has 4 unspecified atom stereocenters. The van der Waals surface area contributed by atoms with Gasteiger partial charge in [-0.3, -0.25) is 9.59 Å². The fourth-order valence-electron chi connectivity index (χ4n) is 8.82. The molecule has 0 saturated carbocycles. The lowest BCUT2D eigenvalue weighted by Crippen LogP contribution is -2.61. The number of rotatable bonds is 44. The van der Waals surface area contributed by atoms with E-state index >= 15 is 0 Å². The zero-order valence-corrected chi connectivity index (χ0v) is 43.5. The van der Waals surface area contributed by atoms with Gasteiger partial charge in [0.25, 0.3) is 0 Å². The van der Waals surface area contributed by atoms with Gasteiger partial charge < -0.3 is 64.2 Å². The van der Waals surface area contributed by atoms with Crippen molar-refractivity contribution in [1.82, 2.24) is 0 Å². The molecule has 2 heterocycles. The standard InChI is InChI=1S/C55H100O15/c1-3-5-7-9-11-13-15-17-19-20-21-22-23-24-26-28-30-32-34-36-38-47(58)68-43(40-65-46(57)37-35-33-31-29-27-25-18-16-14-12-10-8-6-4-2)41-66-54-53(64)51(62)49(60)45(70-54)42-67-55-52(63)50(61)48(59)44(39-56)69-55/h10,12,16,18,43-45,48-56,59-64H,3-9,11,13-15,17,19-42H2,1-2H3/b12-10+,18-16+/t43-,44+,45+,48-,49-,50?,51?,52?,53?,54+,55+/m1/s1. The van der Waals surface area contributed by atoms with Crippen LogP contribution in [0.25, 0.3) is 0 Å².